The van der Waals surface area contributed by atoms with Crippen LogP contribution in [0.3, 0.4) is 0 Å². The zero-order chi connectivity index (χ0) is 17.2. The van der Waals surface area contributed by atoms with E-state index in [9.17, 15) is 4.79 Å². The average molecular weight is 326 g/mol. The second-order valence-corrected chi connectivity index (χ2v) is 5.32. The van der Waals surface area contributed by atoms with Crippen LogP contribution >= 0.6 is 0 Å². The van der Waals surface area contributed by atoms with Crippen molar-refractivity contribution in [2.75, 3.05) is 0 Å². The normalized spacial score (nSPS) is 12.3. The Labute approximate surface area is 139 Å². The van der Waals surface area contributed by atoms with Crippen LogP contribution in [0.5, 0.6) is 0 Å². The quantitative estimate of drug-likeness (QED) is 0.138. The van der Waals surface area contributed by atoms with E-state index in [-0.39, 0.29) is 6.42 Å². The van der Waals surface area contributed by atoms with E-state index in [1.54, 1.807) is 0 Å². The summed E-state index contributed by atoms with van der Waals surface area (Å²) in [5.74, 6) is -0.124. The minimum absolute atomic E-state index is 0.279. The van der Waals surface area contributed by atoms with Gasteiger partial charge in [0.1, 0.15) is 5.76 Å². The molecule has 0 unspecified atom stereocenters. The molecule has 23 heavy (non-hydrogen) atoms. The summed E-state index contributed by atoms with van der Waals surface area (Å²) in [6, 6.07) is 0. The molecule has 0 aliphatic heterocycles. The third-order valence-electron chi connectivity index (χ3n) is 3.28. The van der Waals surface area contributed by atoms with Crippen molar-refractivity contribution in [1.82, 2.24) is 0 Å². The van der Waals surface area contributed by atoms with Gasteiger partial charge in [-0.2, -0.15) is 0 Å². The first-order chi connectivity index (χ1) is 11.2. The van der Waals surface area contributed by atoms with Gasteiger partial charge >= 0.3 is 5.97 Å². The third kappa shape index (κ3) is 16.6. The number of rotatable bonds is 15. The largest absolute Gasteiger partial charge is 0.481 e. The van der Waals surface area contributed by atoms with E-state index >= 15 is 0 Å². The van der Waals surface area contributed by atoms with Crippen molar-refractivity contribution in [2.45, 2.75) is 71.1 Å². The summed E-state index contributed by atoms with van der Waals surface area (Å²) in [5, 5.41) is 20.6. The molecule has 0 aliphatic carbocycles. The summed E-state index contributed by atoms with van der Waals surface area (Å²) in [5.41, 5.74) is 0. The lowest BCUT2D eigenvalue weighted by Crippen LogP contribution is -1.93. The van der Waals surface area contributed by atoms with E-state index in [4.69, 9.17) is 10.4 Å². The molecule has 0 bridgehead atoms. The molecule has 0 aromatic carbocycles. The van der Waals surface area contributed by atoms with Gasteiger partial charge < -0.3 is 9.99 Å². The molecule has 0 spiro atoms. The van der Waals surface area contributed by atoms with Crippen molar-refractivity contribution in [1.29, 1.82) is 0 Å². The topological polar surface area (TPSA) is 76.0 Å². The first-order valence-corrected chi connectivity index (χ1v) is 8.39. The summed E-state index contributed by atoms with van der Waals surface area (Å²) in [6.07, 6.45) is 18.8. The van der Waals surface area contributed by atoms with Crippen molar-refractivity contribution in [3.63, 3.8) is 0 Å². The monoisotopic (exact) mass is 326 g/mol. The van der Waals surface area contributed by atoms with Crippen LogP contribution in [0.1, 0.15) is 71.1 Å². The van der Waals surface area contributed by atoms with Crippen LogP contribution in [0.2, 0.25) is 0 Å². The molecule has 0 heterocycles. The van der Waals surface area contributed by atoms with Gasteiger partial charge in [-0.15, -0.1) is 0 Å². The second-order valence-electron chi connectivity index (χ2n) is 5.32. The SMILES string of the molecule is CC/C=C\C/C(=C\C/C=C\CCCCCCCC(=O)O)OOO. The fourth-order valence-electron chi connectivity index (χ4n) is 2.05. The Bertz CT molecular complexity index is 372. The molecular formula is C18H30O5. The zero-order valence-electron chi connectivity index (χ0n) is 14.1. The van der Waals surface area contributed by atoms with E-state index in [1.807, 2.05) is 18.2 Å². The number of carboxylic acid groups (broad SMARTS) is 1. The Balaban J connectivity index is 3.67. The van der Waals surface area contributed by atoms with Crippen LogP contribution in [0, 0.1) is 0 Å². The molecule has 0 saturated carbocycles. The molecule has 0 rings (SSSR count). The highest BCUT2D eigenvalue weighted by molar-refractivity contribution is 5.66. The first-order valence-electron chi connectivity index (χ1n) is 8.39. The van der Waals surface area contributed by atoms with Gasteiger partial charge in [0.15, 0.2) is 0 Å². The third-order valence-corrected chi connectivity index (χ3v) is 3.28. The molecule has 0 aliphatic rings. The number of aliphatic carboxylic acids is 1. The maximum Gasteiger partial charge on any atom is 0.303 e. The highest BCUT2D eigenvalue weighted by atomic mass is 17.5. The summed E-state index contributed by atoms with van der Waals surface area (Å²) < 4.78 is 0. The summed E-state index contributed by atoms with van der Waals surface area (Å²) in [7, 11) is 0. The molecule has 5 nitrogen and oxygen atoms in total. The van der Waals surface area contributed by atoms with Gasteiger partial charge in [0.25, 0.3) is 0 Å². The fraction of sp³-hybridized carbons (Fsp3) is 0.611. The van der Waals surface area contributed by atoms with Crippen molar-refractivity contribution >= 4 is 5.97 Å². The molecule has 132 valence electrons. The molecular weight excluding hydrogens is 296 g/mol. The molecule has 0 aromatic heterocycles. The number of unbranched alkanes of at least 4 members (excludes halogenated alkanes) is 5. The maximum absolute atomic E-state index is 10.3. The second kappa shape index (κ2) is 16.8. The van der Waals surface area contributed by atoms with Crippen molar-refractivity contribution in [2.24, 2.45) is 0 Å². The molecule has 0 atom stereocenters. The number of carboxylic acids is 1. The highest BCUT2D eigenvalue weighted by Crippen LogP contribution is 2.09. The maximum atomic E-state index is 10.3. The minimum Gasteiger partial charge on any atom is -0.481 e. The number of hydrogen-bond acceptors (Lipinski definition) is 4. The zero-order valence-corrected chi connectivity index (χ0v) is 14.1. The van der Waals surface area contributed by atoms with Crippen LogP contribution in [0.4, 0.5) is 0 Å². The summed E-state index contributed by atoms with van der Waals surface area (Å²) in [4.78, 5) is 15.0. The van der Waals surface area contributed by atoms with Gasteiger partial charge in [0.05, 0.1) is 0 Å². The molecule has 0 saturated heterocycles. The lowest BCUT2D eigenvalue weighted by atomic mass is 10.1. The van der Waals surface area contributed by atoms with Crippen LogP contribution in [0.15, 0.2) is 36.1 Å². The van der Waals surface area contributed by atoms with Crippen molar-refractivity contribution in [3.8, 4) is 0 Å². The Morgan fingerprint density at radius 2 is 1.74 bits per heavy atom. The predicted molar refractivity (Wildman–Crippen MR) is 90.6 cm³/mol. The highest BCUT2D eigenvalue weighted by Gasteiger charge is 1.97. The summed E-state index contributed by atoms with van der Waals surface area (Å²) >= 11 is 0. The van der Waals surface area contributed by atoms with Crippen molar-refractivity contribution < 1.29 is 25.1 Å². The van der Waals surface area contributed by atoms with Gasteiger partial charge in [0, 0.05) is 12.8 Å². The number of carbonyl (C=O) groups is 1. The number of hydrogen-bond donors (Lipinski definition) is 2. The Morgan fingerprint density at radius 3 is 2.43 bits per heavy atom. The van der Waals surface area contributed by atoms with Crippen LogP contribution < -0.4 is 0 Å². The fourth-order valence-corrected chi connectivity index (χ4v) is 2.05. The van der Waals surface area contributed by atoms with E-state index < -0.39 is 5.97 Å². The average Bonchev–Trinajstić information content (AvgIpc) is 2.52. The Morgan fingerprint density at radius 1 is 1.00 bits per heavy atom. The van der Waals surface area contributed by atoms with Crippen LogP contribution in [-0.4, -0.2) is 16.3 Å². The predicted octanol–water partition coefficient (Wildman–Crippen LogP) is 5.41. The van der Waals surface area contributed by atoms with E-state index in [2.05, 4.69) is 29.0 Å². The molecule has 0 amide bonds. The van der Waals surface area contributed by atoms with Gasteiger partial charge in [-0.05, 0) is 43.2 Å². The van der Waals surface area contributed by atoms with Gasteiger partial charge in [-0.25, -0.2) is 5.26 Å². The molecule has 5 heteroatoms. The van der Waals surface area contributed by atoms with Crippen molar-refractivity contribution in [3.05, 3.63) is 36.1 Å². The van der Waals surface area contributed by atoms with Crippen LogP contribution in [0.25, 0.3) is 0 Å². The molecule has 2 N–H and O–H groups in total. The molecule has 0 aromatic rings. The van der Waals surface area contributed by atoms with E-state index in [0.29, 0.717) is 12.2 Å². The van der Waals surface area contributed by atoms with Crippen LogP contribution in [-0.2, 0) is 14.7 Å². The summed E-state index contributed by atoms with van der Waals surface area (Å²) in [6.45, 7) is 2.05. The lowest BCUT2D eigenvalue weighted by Gasteiger charge is -2.01. The van der Waals surface area contributed by atoms with E-state index in [0.717, 1.165) is 51.4 Å². The smallest absolute Gasteiger partial charge is 0.303 e. The first kappa shape index (κ1) is 21.4. The lowest BCUT2D eigenvalue weighted by molar-refractivity contribution is -0.472. The Hall–Kier alpha value is -1.59. The van der Waals surface area contributed by atoms with Gasteiger partial charge in [-0.3, -0.25) is 4.79 Å². The minimum atomic E-state index is -0.707. The van der Waals surface area contributed by atoms with Gasteiger partial charge in [-0.1, -0.05) is 50.5 Å². The Kier molecular flexibility index (Phi) is 15.6. The number of allylic oxidation sites excluding steroid dienone is 5. The van der Waals surface area contributed by atoms with E-state index in [1.165, 1.54) is 0 Å². The van der Waals surface area contributed by atoms with Gasteiger partial charge in [0.2, 0.25) is 0 Å². The standard InChI is InChI=1S/C18H30O5/c1-2-3-11-14-17(22-23-21)15-12-9-7-5-4-6-8-10-13-16-18(19)20/h3,7,9,11,15,21H,2,4-6,8,10,12-14,16H2,1H3,(H,19,20)/b9-7-,11-3-,17-15+. The molecule has 0 radical (unpaired) electrons. The molecule has 0 fully saturated rings.